The van der Waals surface area contributed by atoms with E-state index in [0.717, 1.165) is 47.4 Å². The van der Waals surface area contributed by atoms with Crippen LogP contribution in [-0.4, -0.2) is 23.1 Å². The van der Waals surface area contributed by atoms with Gasteiger partial charge in [0, 0.05) is 13.1 Å². The van der Waals surface area contributed by atoms with Crippen molar-refractivity contribution < 1.29 is 0 Å². The third-order valence-electron chi connectivity index (χ3n) is 3.89. The van der Waals surface area contributed by atoms with Gasteiger partial charge in [-0.25, -0.2) is 4.98 Å². The van der Waals surface area contributed by atoms with Crippen LogP contribution < -0.4 is 10.6 Å². The Bertz CT molecular complexity index is 560. The summed E-state index contributed by atoms with van der Waals surface area (Å²) in [4.78, 5) is 10.3. The lowest BCUT2D eigenvalue weighted by atomic mass is 10.1. The maximum Gasteiger partial charge on any atom is 0.226 e. The highest BCUT2D eigenvalue weighted by Crippen LogP contribution is 2.29. The molecule has 0 amide bonds. The summed E-state index contributed by atoms with van der Waals surface area (Å²) >= 11 is 1.68. The van der Waals surface area contributed by atoms with Crippen molar-refractivity contribution >= 4 is 33.3 Å². The molecule has 0 saturated heterocycles. The van der Waals surface area contributed by atoms with Crippen molar-refractivity contribution in [2.45, 2.75) is 39.0 Å². The van der Waals surface area contributed by atoms with Gasteiger partial charge in [-0.3, -0.25) is 0 Å². The Hall–Kier alpha value is -1.36. The van der Waals surface area contributed by atoms with Gasteiger partial charge in [-0.2, -0.15) is 4.98 Å². The van der Waals surface area contributed by atoms with Crippen molar-refractivity contribution in [3.8, 4) is 0 Å². The zero-order chi connectivity index (χ0) is 13.8. The van der Waals surface area contributed by atoms with E-state index in [9.17, 15) is 0 Å². The fraction of sp³-hybridized carbons (Fsp3) is 0.600. The summed E-state index contributed by atoms with van der Waals surface area (Å²) in [6, 6.07) is 2.11. The molecule has 0 unspecified atom stereocenters. The van der Waals surface area contributed by atoms with Gasteiger partial charge in [0.25, 0.3) is 0 Å². The van der Waals surface area contributed by atoms with Crippen LogP contribution >= 0.6 is 11.3 Å². The van der Waals surface area contributed by atoms with E-state index in [-0.39, 0.29) is 0 Å². The van der Waals surface area contributed by atoms with Crippen LogP contribution in [0.2, 0.25) is 0 Å². The molecule has 0 spiro atoms. The van der Waals surface area contributed by atoms with Crippen molar-refractivity contribution in [1.82, 2.24) is 9.97 Å². The minimum Gasteiger partial charge on any atom is -0.369 e. The van der Waals surface area contributed by atoms with Crippen LogP contribution in [0.3, 0.4) is 0 Å². The number of hydrogen-bond acceptors (Lipinski definition) is 5. The topological polar surface area (TPSA) is 49.8 Å². The Morgan fingerprint density at radius 2 is 2.10 bits per heavy atom. The number of nitrogens with zero attached hydrogens (tertiary/aromatic N) is 2. The molecule has 2 heterocycles. The summed E-state index contributed by atoms with van der Waals surface area (Å²) in [6.07, 6.45) is 6.55. The van der Waals surface area contributed by atoms with Crippen molar-refractivity contribution in [3.63, 3.8) is 0 Å². The predicted octanol–water partition coefficient (Wildman–Crippen LogP) is 4.12. The maximum absolute atomic E-state index is 4.64. The molecule has 1 saturated carbocycles. The predicted molar refractivity (Wildman–Crippen MR) is 86.6 cm³/mol. The fourth-order valence-electron chi connectivity index (χ4n) is 2.76. The van der Waals surface area contributed by atoms with Gasteiger partial charge in [0.15, 0.2) is 0 Å². The molecule has 1 aliphatic carbocycles. The number of rotatable bonds is 6. The van der Waals surface area contributed by atoms with Crippen LogP contribution in [0.1, 0.15) is 39.0 Å². The van der Waals surface area contributed by atoms with Gasteiger partial charge < -0.3 is 10.6 Å². The summed E-state index contributed by atoms with van der Waals surface area (Å²) in [5.74, 6) is 2.54. The van der Waals surface area contributed by atoms with Gasteiger partial charge in [0.2, 0.25) is 5.95 Å². The zero-order valence-electron chi connectivity index (χ0n) is 12.0. The first kappa shape index (κ1) is 13.6. The lowest BCUT2D eigenvalue weighted by Gasteiger charge is -2.13. The molecule has 2 aromatic heterocycles. The summed E-state index contributed by atoms with van der Waals surface area (Å²) in [7, 11) is 0. The lowest BCUT2D eigenvalue weighted by Crippen LogP contribution is -2.13. The Kier molecular flexibility index (Phi) is 4.35. The molecule has 5 heteroatoms. The minimum absolute atomic E-state index is 0.746. The quantitative estimate of drug-likeness (QED) is 0.840. The van der Waals surface area contributed by atoms with Gasteiger partial charge in [-0.1, -0.05) is 19.8 Å². The number of aromatic nitrogens is 2. The van der Waals surface area contributed by atoms with Crippen LogP contribution in [0.5, 0.6) is 0 Å². The Balaban J connectivity index is 1.77. The number of thiophene rings is 1. The first-order chi connectivity index (χ1) is 9.86. The molecule has 0 atom stereocenters. The number of nitrogens with one attached hydrogen (secondary N) is 2. The molecule has 3 rings (SSSR count). The molecule has 108 valence electrons. The van der Waals surface area contributed by atoms with E-state index >= 15 is 0 Å². The monoisotopic (exact) mass is 290 g/mol. The smallest absolute Gasteiger partial charge is 0.226 e. The average Bonchev–Trinajstić information content (AvgIpc) is 3.13. The van der Waals surface area contributed by atoms with Gasteiger partial charge in [0.1, 0.15) is 10.6 Å². The highest BCUT2D eigenvalue weighted by Gasteiger charge is 2.16. The Morgan fingerprint density at radius 1 is 1.25 bits per heavy atom. The molecule has 2 aromatic rings. The minimum atomic E-state index is 0.746. The normalized spacial score (nSPS) is 15.8. The second kappa shape index (κ2) is 6.39. The van der Waals surface area contributed by atoms with E-state index in [1.807, 2.05) is 0 Å². The van der Waals surface area contributed by atoms with E-state index in [2.05, 4.69) is 39.0 Å². The Labute approximate surface area is 124 Å². The molecular formula is C15H22N4S. The molecule has 20 heavy (non-hydrogen) atoms. The maximum atomic E-state index is 4.64. The molecule has 0 bridgehead atoms. The second-order valence-corrected chi connectivity index (χ2v) is 6.39. The number of hydrogen-bond donors (Lipinski definition) is 2. The van der Waals surface area contributed by atoms with E-state index in [1.54, 1.807) is 11.3 Å². The van der Waals surface area contributed by atoms with Crippen LogP contribution in [0.15, 0.2) is 11.4 Å². The molecule has 2 N–H and O–H groups in total. The molecule has 1 aliphatic rings. The molecule has 0 aromatic carbocycles. The van der Waals surface area contributed by atoms with Crippen molar-refractivity contribution in [1.29, 1.82) is 0 Å². The third-order valence-corrected chi connectivity index (χ3v) is 4.70. The average molecular weight is 290 g/mol. The molecule has 0 radical (unpaired) electrons. The first-order valence-electron chi connectivity index (χ1n) is 7.60. The number of anilines is 2. The van der Waals surface area contributed by atoms with Crippen molar-refractivity contribution in [2.75, 3.05) is 23.7 Å². The van der Waals surface area contributed by atoms with E-state index in [1.165, 1.54) is 25.7 Å². The van der Waals surface area contributed by atoms with Crippen LogP contribution in [0, 0.1) is 5.92 Å². The lowest BCUT2D eigenvalue weighted by molar-refractivity contribution is 0.579. The summed E-state index contributed by atoms with van der Waals surface area (Å²) in [6.45, 7) is 4.10. The first-order valence-corrected chi connectivity index (χ1v) is 8.47. The van der Waals surface area contributed by atoms with Crippen molar-refractivity contribution in [3.05, 3.63) is 11.4 Å². The SMILES string of the molecule is CCCNc1nc(NCC2CCCC2)c2ccsc2n1. The highest BCUT2D eigenvalue weighted by molar-refractivity contribution is 7.16. The zero-order valence-corrected chi connectivity index (χ0v) is 12.8. The fourth-order valence-corrected chi connectivity index (χ4v) is 3.53. The molecule has 0 aliphatic heterocycles. The summed E-state index contributed by atoms with van der Waals surface area (Å²) in [5.41, 5.74) is 0. The van der Waals surface area contributed by atoms with Gasteiger partial charge in [-0.05, 0) is 36.6 Å². The van der Waals surface area contributed by atoms with Crippen molar-refractivity contribution in [2.24, 2.45) is 5.92 Å². The van der Waals surface area contributed by atoms with E-state index < -0.39 is 0 Å². The molecule has 1 fully saturated rings. The largest absolute Gasteiger partial charge is 0.369 e. The van der Waals surface area contributed by atoms with Crippen LogP contribution in [0.25, 0.3) is 10.2 Å². The van der Waals surface area contributed by atoms with E-state index in [0.29, 0.717) is 0 Å². The highest BCUT2D eigenvalue weighted by atomic mass is 32.1. The van der Waals surface area contributed by atoms with Crippen LogP contribution in [-0.2, 0) is 0 Å². The van der Waals surface area contributed by atoms with E-state index in [4.69, 9.17) is 0 Å². The van der Waals surface area contributed by atoms with Gasteiger partial charge in [-0.15, -0.1) is 11.3 Å². The number of fused-ring (bicyclic) bond motifs is 1. The van der Waals surface area contributed by atoms with Gasteiger partial charge >= 0.3 is 0 Å². The molecular weight excluding hydrogens is 268 g/mol. The Morgan fingerprint density at radius 3 is 2.90 bits per heavy atom. The standard InChI is InChI=1S/C15H22N4S/c1-2-8-16-15-18-13(12-7-9-20-14(12)19-15)17-10-11-5-3-4-6-11/h7,9,11H,2-6,8,10H2,1H3,(H2,16,17,18,19). The van der Waals surface area contributed by atoms with Gasteiger partial charge in [0.05, 0.1) is 5.39 Å². The second-order valence-electron chi connectivity index (χ2n) is 5.49. The summed E-state index contributed by atoms with van der Waals surface area (Å²) in [5, 5.41) is 10.1. The summed E-state index contributed by atoms with van der Waals surface area (Å²) < 4.78 is 0. The van der Waals surface area contributed by atoms with Crippen LogP contribution in [0.4, 0.5) is 11.8 Å². The third kappa shape index (κ3) is 3.03. The molecule has 4 nitrogen and oxygen atoms in total.